The minimum Gasteiger partial charge on any atom is -0.347 e. The SMILES string of the molecule is Cc1cc(C)nc(Sc2ccc(C(=O)NC(C)(C)C)cc2C(F)(F)F)n1. The third kappa shape index (κ3) is 5.45. The Bertz CT molecular complexity index is 809. The molecule has 26 heavy (non-hydrogen) atoms. The Morgan fingerprint density at radius 3 is 2.12 bits per heavy atom. The van der Waals surface area contributed by atoms with Gasteiger partial charge in [-0.1, -0.05) is 0 Å². The van der Waals surface area contributed by atoms with Crippen molar-refractivity contribution in [3.63, 3.8) is 0 Å². The number of rotatable bonds is 3. The summed E-state index contributed by atoms with van der Waals surface area (Å²) in [5.41, 5.74) is -0.121. The van der Waals surface area contributed by atoms with Crippen molar-refractivity contribution in [2.24, 2.45) is 0 Å². The zero-order valence-electron chi connectivity index (χ0n) is 15.2. The third-order valence-electron chi connectivity index (χ3n) is 3.20. The van der Waals surface area contributed by atoms with E-state index in [-0.39, 0.29) is 15.6 Å². The molecule has 0 saturated carbocycles. The van der Waals surface area contributed by atoms with Gasteiger partial charge in [-0.2, -0.15) is 13.2 Å². The second-order valence-corrected chi connectivity index (χ2v) is 7.96. The lowest BCUT2D eigenvalue weighted by molar-refractivity contribution is -0.139. The number of halogens is 3. The molecule has 2 rings (SSSR count). The van der Waals surface area contributed by atoms with Crippen LogP contribution in [0.1, 0.15) is 48.1 Å². The van der Waals surface area contributed by atoms with Crippen molar-refractivity contribution in [2.45, 2.75) is 56.4 Å². The maximum atomic E-state index is 13.5. The molecule has 1 aromatic heterocycles. The number of aryl methyl sites for hydroxylation is 2. The molecule has 0 aliphatic heterocycles. The number of amides is 1. The molecule has 4 nitrogen and oxygen atoms in total. The van der Waals surface area contributed by atoms with E-state index in [0.717, 1.165) is 17.8 Å². The van der Waals surface area contributed by atoms with Crippen molar-refractivity contribution in [3.8, 4) is 0 Å². The first-order valence-corrected chi connectivity index (χ1v) is 8.71. The van der Waals surface area contributed by atoms with Crippen LogP contribution in [0, 0.1) is 13.8 Å². The molecular formula is C18H20F3N3OS. The zero-order chi connectivity index (χ0) is 19.7. The number of alkyl halides is 3. The third-order valence-corrected chi connectivity index (χ3v) is 4.14. The van der Waals surface area contributed by atoms with Crippen molar-refractivity contribution in [3.05, 3.63) is 46.8 Å². The standard InChI is InChI=1S/C18H20F3N3OS/c1-10-8-11(2)23-16(22-10)26-14-7-6-12(9-13(14)18(19,20)21)15(25)24-17(3,4)5/h6-9H,1-5H3,(H,24,25). The summed E-state index contributed by atoms with van der Waals surface area (Å²) in [6, 6.07) is 5.27. The quantitative estimate of drug-likeness (QED) is 0.774. The predicted octanol–water partition coefficient (Wildman–Crippen LogP) is 4.79. The molecule has 0 atom stereocenters. The van der Waals surface area contributed by atoms with Crippen LogP contribution >= 0.6 is 11.8 Å². The molecule has 1 aromatic carbocycles. The molecular weight excluding hydrogens is 363 g/mol. The number of benzene rings is 1. The summed E-state index contributed by atoms with van der Waals surface area (Å²) in [6.07, 6.45) is -4.60. The lowest BCUT2D eigenvalue weighted by atomic mass is 10.1. The summed E-state index contributed by atoms with van der Waals surface area (Å²) in [5.74, 6) is -0.554. The molecule has 0 unspecified atom stereocenters. The van der Waals surface area contributed by atoms with Crippen molar-refractivity contribution < 1.29 is 18.0 Å². The van der Waals surface area contributed by atoms with E-state index in [9.17, 15) is 18.0 Å². The van der Waals surface area contributed by atoms with Crippen molar-refractivity contribution in [1.82, 2.24) is 15.3 Å². The van der Waals surface area contributed by atoms with Gasteiger partial charge in [-0.3, -0.25) is 4.79 Å². The largest absolute Gasteiger partial charge is 0.417 e. The lowest BCUT2D eigenvalue weighted by Crippen LogP contribution is -2.40. The van der Waals surface area contributed by atoms with Crippen LogP contribution in [0.4, 0.5) is 13.2 Å². The molecule has 2 aromatic rings. The molecule has 0 aliphatic carbocycles. The number of carbonyl (C=O) groups is 1. The van der Waals surface area contributed by atoms with Gasteiger partial charge in [-0.15, -0.1) is 0 Å². The second kappa shape index (κ2) is 7.26. The Kier molecular flexibility index (Phi) is 5.65. The molecule has 1 amide bonds. The smallest absolute Gasteiger partial charge is 0.347 e. The highest BCUT2D eigenvalue weighted by atomic mass is 32.2. The first kappa shape index (κ1) is 20.2. The van der Waals surface area contributed by atoms with Gasteiger partial charge in [-0.05, 0) is 70.6 Å². The van der Waals surface area contributed by atoms with Crippen LogP contribution in [-0.4, -0.2) is 21.4 Å². The van der Waals surface area contributed by atoms with E-state index in [0.29, 0.717) is 11.4 Å². The number of carbonyl (C=O) groups excluding carboxylic acids is 1. The second-order valence-electron chi connectivity index (χ2n) is 6.95. The average molecular weight is 383 g/mol. The van der Waals surface area contributed by atoms with E-state index in [1.807, 2.05) is 0 Å². The van der Waals surface area contributed by atoms with Crippen molar-refractivity contribution in [2.75, 3.05) is 0 Å². The molecule has 0 fully saturated rings. The highest BCUT2D eigenvalue weighted by Gasteiger charge is 2.35. The van der Waals surface area contributed by atoms with Gasteiger partial charge in [0.2, 0.25) is 0 Å². The van der Waals surface area contributed by atoms with Gasteiger partial charge in [0.25, 0.3) is 5.91 Å². The van der Waals surface area contributed by atoms with Crippen LogP contribution in [0.15, 0.2) is 34.3 Å². The molecule has 140 valence electrons. The molecule has 0 saturated heterocycles. The molecule has 1 N–H and O–H groups in total. The van der Waals surface area contributed by atoms with E-state index in [2.05, 4.69) is 15.3 Å². The maximum absolute atomic E-state index is 13.5. The van der Waals surface area contributed by atoms with E-state index in [1.165, 1.54) is 12.1 Å². The van der Waals surface area contributed by atoms with Crippen molar-refractivity contribution >= 4 is 17.7 Å². The Balaban J connectivity index is 2.42. The summed E-state index contributed by atoms with van der Waals surface area (Å²) in [7, 11) is 0. The molecule has 0 bridgehead atoms. The van der Waals surface area contributed by atoms with Gasteiger partial charge >= 0.3 is 6.18 Å². The number of hydrogen-bond acceptors (Lipinski definition) is 4. The topological polar surface area (TPSA) is 54.9 Å². The van der Waals surface area contributed by atoms with E-state index in [1.54, 1.807) is 40.7 Å². The van der Waals surface area contributed by atoms with Gasteiger partial charge in [0.1, 0.15) is 0 Å². The van der Waals surface area contributed by atoms with E-state index < -0.39 is 23.2 Å². The summed E-state index contributed by atoms with van der Waals surface area (Å²) < 4.78 is 40.5. The monoisotopic (exact) mass is 383 g/mol. The molecule has 1 heterocycles. The van der Waals surface area contributed by atoms with Gasteiger partial charge in [-0.25, -0.2) is 9.97 Å². The summed E-state index contributed by atoms with van der Waals surface area (Å²) in [5, 5.41) is 2.90. The van der Waals surface area contributed by atoms with Crippen LogP contribution in [-0.2, 0) is 6.18 Å². The highest BCUT2D eigenvalue weighted by molar-refractivity contribution is 7.99. The predicted molar refractivity (Wildman–Crippen MR) is 94.3 cm³/mol. The van der Waals surface area contributed by atoms with Gasteiger partial charge in [0.15, 0.2) is 5.16 Å². The Morgan fingerprint density at radius 1 is 1.04 bits per heavy atom. The highest BCUT2D eigenvalue weighted by Crippen LogP contribution is 2.39. The fraction of sp³-hybridized carbons (Fsp3) is 0.389. The van der Waals surface area contributed by atoms with Crippen LogP contribution in [0.2, 0.25) is 0 Å². The first-order chi connectivity index (χ1) is 11.8. The first-order valence-electron chi connectivity index (χ1n) is 7.89. The van der Waals surface area contributed by atoms with Crippen molar-refractivity contribution in [1.29, 1.82) is 0 Å². The Labute approximate surface area is 154 Å². The van der Waals surface area contributed by atoms with Gasteiger partial charge < -0.3 is 5.32 Å². The normalized spacial score (nSPS) is 12.2. The van der Waals surface area contributed by atoms with Crippen LogP contribution < -0.4 is 5.32 Å². The van der Waals surface area contributed by atoms with Gasteiger partial charge in [0.05, 0.1) is 5.56 Å². The van der Waals surface area contributed by atoms with Crippen LogP contribution in [0.3, 0.4) is 0 Å². The summed E-state index contributed by atoms with van der Waals surface area (Å²) in [6.45, 7) is 8.79. The summed E-state index contributed by atoms with van der Waals surface area (Å²) in [4.78, 5) is 20.5. The van der Waals surface area contributed by atoms with Gasteiger partial charge in [0, 0.05) is 27.4 Å². The molecule has 0 spiro atoms. The van der Waals surface area contributed by atoms with Crippen LogP contribution in [0.5, 0.6) is 0 Å². The Hall–Kier alpha value is -2.09. The number of nitrogens with one attached hydrogen (secondary N) is 1. The van der Waals surface area contributed by atoms with Crippen LogP contribution in [0.25, 0.3) is 0 Å². The van der Waals surface area contributed by atoms with E-state index >= 15 is 0 Å². The molecule has 0 radical (unpaired) electrons. The van der Waals surface area contributed by atoms with E-state index in [4.69, 9.17) is 0 Å². The lowest BCUT2D eigenvalue weighted by Gasteiger charge is -2.21. The molecule has 8 heteroatoms. The summed E-state index contributed by atoms with van der Waals surface area (Å²) >= 11 is 0.829. The fourth-order valence-corrected chi connectivity index (χ4v) is 3.23. The number of aromatic nitrogens is 2. The minimum atomic E-state index is -4.60. The minimum absolute atomic E-state index is 0.0436. The Morgan fingerprint density at radius 2 is 1.62 bits per heavy atom. The average Bonchev–Trinajstić information content (AvgIpc) is 2.43. The molecule has 0 aliphatic rings. The maximum Gasteiger partial charge on any atom is 0.417 e. The number of nitrogens with zero attached hydrogens (tertiary/aromatic N) is 2. The number of hydrogen-bond donors (Lipinski definition) is 1. The zero-order valence-corrected chi connectivity index (χ0v) is 16.0. The fourth-order valence-electron chi connectivity index (χ4n) is 2.23.